The summed E-state index contributed by atoms with van der Waals surface area (Å²) in [6.45, 7) is 5.02. The maximum Gasteiger partial charge on any atom is 0.318 e. The number of carbonyl (C=O) groups is 1. The van der Waals surface area contributed by atoms with E-state index in [0.29, 0.717) is 13.1 Å². The van der Waals surface area contributed by atoms with Crippen molar-refractivity contribution in [3.63, 3.8) is 0 Å². The lowest BCUT2D eigenvalue weighted by atomic mass is 10.00. The minimum absolute atomic E-state index is 0.108. The number of hydrogen-bond donors (Lipinski definition) is 1. The lowest BCUT2D eigenvalue weighted by molar-refractivity contribution is 0.180. The Kier molecular flexibility index (Phi) is 5.85. The van der Waals surface area contributed by atoms with Crippen molar-refractivity contribution in [1.82, 2.24) is 24.6 Å². The van der Waals surface area contributed by atoms with Gasteiger partial charge in [0.25, 0.3) is 0 Å². The van der Waals surface area contributed by atoms with E-state index in [0.717, 1.165) is 45.1 Å². The molecule has 184 valence electrons. The second-order valence-corrected chi connectivity index (χ2v) is 9.53. The summed E-state index contributed by atoms with van der Waals surface area (Å²) < 4.78 is 4.19. The first kappa shape index (κ1) is 22.9. The first-order valence-corrected chi connectivity index (χ1v) is 12.6. The van der Waals surface area contributed by atoms with Crippen molar-refractivity contribution in [3.05, 3.63) is 137 Å². The number of amides is 2. The third kappa shape index (κ3) is 4.20. The summed E-state index contributed by atoms with van der Waals surface area (Å²) in [6.07, 6.45) is 2.07. The van der Waals surface area contributed by atoms with Crippen molar-refractivity contribution >= 4 is 6.03 Å². The fourth-order valence-corrected chi connectivity index (χ4v) is 5.22. The molecule has 0 unspecified atom stereocenters. The van der Waals surface area contributed by atoms with Crippen molar-refractivity contribution in [1.29, 1.82) is 0 Å². The zero-order chi connectivity index (χ0) is 25.4. The van der Waals surface area contributed by atoms with Gasteiger partial charge in [-0.15, -0.1) is 0 Å². The predicted molar refractivity (Wildman–Crippen MR) is 145 cm³/mol. The fourth-order valence-electron chi connectivity index (χ4n) is 5.22. The van der Waals surface area contributed by atoms with Gasteiger partial charge in [-0.25, -0.2) is 9.48 Å². The van der Waals surface area contributed by atoms with Crippen molar-refractivity contribution in [2.45, 2.75) is 33.0 Å². The number of urea groups is 1. The summed E-state index contributed by atoms with van der Waals surface area (Å²) in [5.41, 5.74) is 7.26. The number of nitrogens with zero attached hydrogens (tertiary/aromatic N) is 4. The Morgan fingerprint density at radius 3 is 2.43 bits per heavy atom. The van der Waals surface area contributed by atoms with Gasteiger partial charge in [-0.1, -0.05) is 78.4 Å². The SMILES string of the molecule is Cc1cccc([C@H]2c3cccn3-c3c(c(C)nn3-c3ccccc3)CN2C(=O)NCc2ccccc2)c1. The summed E-state index contributed by atoms with van der Waals surface area (Å²) in [5.74, 6) is 0.972. The molecule has 0 bridgehead atoms. The van der Waals surface area contributed by atoms with Crippen LogP contribution in [0.25, 0.3) is 11.5 Å². The van der Waals surface area contributed by atoms with Crippen molar-refractivity contribution < 1.29 is 4.79 Å². The predicted octanol–water partition coefficient (Wildman–Crippen LogP) is 6.09. The molecule has 0 aliphatic carbocycles. The van der Waals surface area contributed by atoms with Gasteiger partial charge < -0.3 is 14.8 Å². The van der Waals surface area contributed by atoms with Crippen LogP contribution >= 0.6 is 0 Å². The summed E-state index contributed by atoms with van der Waals surface area (Å²) in [7, 11) is 0. The molecule has 1 atom stereocenters. The highest BCUT2D eigenvalue weighted by Gasteiger charge is 2.35. The molecule has 1 N–H and O–H groups in total. The summed E-state index contributed by atoms with van der Waals surface area (Å²) >= 11 is 0. The van der Waals surface area contributed by atoms with Crippen molar-refractivity contribution in [2.24, 2.45) is 0 Å². The van der Waals surface area contributed by atoms with Gasteiger partial charge in [0, 0.05) is 18.3 Å². The minimum atomic E-state index is -0.262. The summed E-state index contributed by atoms with van der Waals surface area (Å²) in [5, 5.41) is 8.09. The maximum absolute atomic E-state index is 13.9. The molecule has 2 amide bonds. The number of para-hydroxylation sites is 1. The molecule has 6 nitrogen and oxygen atoms in total. The van der Waals surface area contributed by atoms with Crippen LogP contribution in [0.4, 0.5) is 4.79 Å². The molecule has 0 spiro atoms. The zero-order valence-electron chi connectivity index (χ0n) is 21.0. The average molecular weight is 488 g/mol. The van der Waals surface area contributed by atoms with Gasteiger partial charge in [0.2, 0.25) is 0 Å². The van der Waals surface area contributed by atoms with Gasteiger partial charge in [-0.2, -0.15) is 5.10 Å². The molecule has 1 aliphatic rings. The Morgan fingerprint density at radius 2 is 1.68 bits per heavy atom. The molecule has 6 heteroatoms. The number of nitrogens with one attached hydrogen (secondary N) is 1. The molecule has 6 rings (SSSR count). The van der Waals surface area contributed by atoms with E-state index in [9.17, 15) is 4.79 Å². The van der Waals surface area contributed by atoms with Crippen LogP contribution in [0, 0.1) is 13.8 Å². The number of rotatable bonds is 4. The van der Waals surface area contributed by atoms with E-state index in [1.165, 1.54) is 0 Å². The van der Waals surface area contributed by atoms with Gasteiger partial charge in [0.05, 0.1) is 29.7 Å². The fraction of sp³-hybridized carbons (Fsp3) is 0.161. The minimum Gasteiger partial charge on any atom is -0.334 e. The van der Waals surface area contributed by atoms with Crippen LogP contribution in [-0.4, -0.2) is 25.3 Å². The Labute approximate surface area is 216 Å². The topological polar surface area (TPSA) is 55.1 Å². The molecule has 5 aromatic rings. The van der Waals surface area contributed by atoms with Crippen molar-refractivity contribution in [2.75, 3.05) is 0 Å². The second-order valence-electron chi connectivity index (χ2n) is 9.53. The Bertz CT molecular complexity index is 1550. The van der Waals surface area contributed by atoms with Crippen LogP contribution in [0.1, 0.15) is 39.7 Å². The number of aryl methyl sites for hydroxylation is 2. The van der Waals surface area contributed by atoms with E-state index < -0.39 is 0 Å². The molecular weight excluding hydrogens is 458 g/mol. The summed E-state index contributed by atoms with van der Waals surface area (Å²) in [4.78, 5) is 15.8. The van der Waals surface area contributed by atoms with E-state index in [1.54, 1.807) is 0 Å². The largest absolute Gasteiger partial charge is 0.334 e. The first-order chi connectivity index (χ1) is 18.1. The van der Waals surface area contributed by atoms with Crippen LogP contribution in [0.2, 0.25) is 0 Å². The summed E-state index contributed by atoms with van der Waals surface area (Å²) in [6, 6.07) is 32.4. The van der Waals surface area contributed by atoms with Gasteiger partial charge in [-0.3, -0.25) is 0 Å². The third-order valence-corrected chi connectivity index (χ3v) is 6.99. The lowest BCUT2D eigenvalue weighted by Gasteiger charge is -2.31. The van der Waals surface area contributed by atoms with Crippen LogP contribution in [-0.2, 0) is 13.1 Å². The van der Waals surface area contributed by atoms with E-state index in [1.807, 2.05) is 71.1 Å². The highest BCUT2D eigenvalue weighted by atomic mass is 16.2. The monoisotopic (exact) mass is 487 g/mol. The smallest absolute Gasteiger partial charge is 0.318 e. The van der Waals surface area contributed by atoms with Gasteiger partial charge in [0.15, 0.2) is 0 Å². The average Bonchev–Trinajstić information content (AvgIpc) is 3.48. The first-order valence-electron chi connectivity index (χ1n) is 12.6. The van der Waals surface area contributed by atoms with Crippen LogP contribution in [0.5, 0.6) is 0 Å². The van der Waals surface area contributed by atoms with E-state index in [4.69, 9.17) is 5.10 Å². The Hall–Kier alpha value is -4.58. The van der Waals surface area contributed by atoms with Crippen LogP contribution < -0.4 is 5.32 Å². The molecule has 0 radical (unpaired) electrons. The highest BCUT2D eigenvalue weighted by Crippen LogP contribution is 2.38. The molecular formula is C31H29N5O. The number of hydrogen-bond acceptors (Lipinski definition) is 2. The molecule has 3 heterocycles. The molecule has 0 fully saturated rings. The number of carbonyl (C=O) groups excluding carboxylic acids is 1. The highest BCUT2D eigenvalue weighted by molar-refractivity contribution is 5.76. The van der Waals surface area contributed by atoms with Gasteiger partial charge in [-0.05, 0) is 49.2 Å². The standard InChI is InChI=1S/C31H29N5O/c1-22-11-9-14-25(19-22)29-28-17-10-18-34(28)30-27(23(2)33-36(30)26-15-7-4-8-16-26)21-35(29)31(37)32-20-24-12-5-3-6-13-24/h3-19,29H,20-21H2,1-2H3,(H,32,37)/t29-/m0/s1. The van der Waals surface area contributed by atoms with E-state index in [-0.39, 0.29) is 12.1 Å². The third-order valence-electron chi connectivity index (χ3n) is 6.99. The molecule has 37 heavy (non-hydrogen) atoms. The number of fused-ring (bicyclic) bond motifs is 3. The van der Waals surface area contributed by atoms with E-state index >= 15 is 0 Å². The molecule has 2 aromatic heterocycles. The molecule has 1 aliphatic heterocycles. The zero-order valence-corrected chi connectivity index (χ0v) is 21.0. The second kappa shape index (κ2) is 9.47. The molecule has 0 saturated heterocycles. The Morgan fingerprint density at radius 1 is 0.919 bits per heavy atom. The quantitative estimate of drug-likeness (QED) is 0.333. The molecule has 0 saturated carbocycles. The normalized spacial score (nSPS) is 14.5. The Balaban J connectivity index is 1.49. The molecule has 3 aromatic carbocycles. The van der Waals surface area contributed by atoms with Crippen molar-refractivity contribution in [3.8, 4) is 11.5 Å². The van der Waals surface area contributed by atoms with Gasteiger partial charge in [0.1, 0.15) is 5.82 Å². The van der Waals surface area contributed by atoms with E-state index in [2.05, 4.69) is 65.5 Å². The van der Waals surface area contributed by atoms with Gasteiger partial charge >= 0.3 is 6.03 Å². The van der Waals surface area contributed by atoms with Crippen LogP contribution in [0.3, 0.4) is 0 Å². The lowest BCUT2D eigenvalue weighted by Crippen LogP contribution is -2.41. The maximum atomic E-state index is 13.9. The number of benzene rings is 3. The number of aromatic nitrogens is 3. The van der Waals surface area contributed by atoms with Crippen LogP contribution in [0.15, 0.2) is 103 Å².